The predicted molar refractivity (Wildman–Crippen MR) is 101 cm³/mol. The third-order valence-corrected chi connectivity index (χ3v) is 4.27. The summed E-state index contributed by atoms with van der Waals surface area (Å²) in [5, 5.41) is 2.83. The van der Waals surface area contributed by atoms with Crippen LogP contribution in [0.2, 0.25) is 0 Å². The number of methoxy groups -OCH3 is 3. The van der Waals surface area contributed by atoms with E-state index in [2.05, 4.69) is 15.2 Å². The number of nitrogens with zero attached hydrogens (tertiary/aromatic N) is 2. The molecule has 0 bridgehead atoms. The lowest BCUT2D eigenvalue weighted by atomic mass is 10.1. The molecule has 1 aliphatic rings. The average Bonchev–Trinajstić information content (AvgIpc) is 2.73. The van der Waals surface area contributed by atoms with Gasteiger partial charge in [-0.05, 0) is 24.3 Å². The second kappa shape index (κ2) is 8.59. The summed E-state index contributed by atoms with van der Waals surface area (Å²) in [6, 6.07) is 6.92. The molecule has 0 saturated carbocycles. The van der Waals surface area contributed by atoms with Crippen molar-refractivity contribution in [1.82, 2.24) is 4.98 Å². The summed E-state index contributed by atoms with van der Waals surface area (Å²) in [5.74, 6) is 1.85. The Kier molecular flexibility index (Phi) is 5.97. The Morgan fingerprint density at radius 3 is 2.26 bits per heavy atom. The van der Waals surface area contributed by atoms with Gasteiger partial charge in [0.25, 0.3) is 5.91 Å². The van der Waals surface area contributed by atoms with Crippen LogP contribution in [0.25, 0.3) is 0 Å². The van der Waals surface area contributed by atoms with Gasteiger partial charge in [0.15, 0.2) is 11.5 Å². The van der Waals surface area contributed by atoms with Crippen molar-refractivity contribution in [1.29, 1.82) is 0 Å². The number of nitrogens with one attached hydrogen (secondary N) is 1. The molecule has 0 radical (unpaired) electrons. The number of pyridine rings is 1. The summed E-state index contributed by atoms with van der Waals surface area (Å²) in [7, 11) is 4.53. The van der Waals surface area contributed by atoms with E-state index in [0.29, 0.717) is 41.7 Å². The van der Waals surface area contributed by atoms with Crippen LogP contribution < -0.4 is 24.4 Å². The van der Waals surface area contributed by atoms with Gasteiger partial charge in [-0.15, -0.1) is 0 Å². The minimum absolute atomic E-state index is 0.296. The van der Waals surface area contributed by atoms with E-state index in [1.165, 1.54) is 21.3 Å². The summed E-state index contributed by atoms with van der Waals surface area (Å²) in [6.07, 6.45) is 1.64. The Bertz CT molecular complexity index is 763. The monoisotopic (exact) mass is 373 g/mol. The van der Waals surface area contributed by atoms with Gasteiger partial charge in [0.2, 0.25) is 5.75 Å². The van der Waals surface area contributed by atoms with E-state index < -0.39 is 0 Å². The maximum atomic E-state index is 12.6. The molecular weight excluding hydrogens is 350 g/mol. The maximum Gasteiger partial charge on any atom is 0.255 e. The molecule has 2 aromatic rings. The van der Waals surface area contributed by atoms with Crippen LogP contribution in [0.4, 0.5) is 11.5 Å². The number of rotatable bonds is 6. The SMILES string of the molecule is COc1cc(C(=O)Nc2ccc(N3CCOCC3)nc2)cc(OC)c1OC. The molecule has 1 N–H and O–H groups in total. The van der Waals surface area contributed by atoms with Crippen LogP contribution >= 0.6 is 0 Å². The van der Waals surface area contributed by atoms with Crippen molar-refractivity contribution >= 4 is 17.4 Å². The molecular formula is C19H23N3O5. The Hall–Kier alpha value is -3.00. The van der Waals surface area contributed by atoms with Crippen LogP contribution in [0, 0.1) is 0 Å². The Labute approximate surface area is 158 Å². The Morgan fingerprint density at radius 2 is 1.74 bits per heavy atom. The highest BCUT2D eigenvalue weighted by Crippen LogP contribution is 2.38. The van der Waals surface area contributed by atoms with Crippen LogP contribution in [0.15, 0.2) is 30.5 Å². The molecule has 0 aliphatic carbocycles. The zero-order chi connectivity index (χ0) is 19.2. The van der Waals surface area contributed by atoms with E-state index in [-0.39, 0.29) is 5.91 Å². The largest absolute Gasteiger partial charge is 0.493 e. The summed E-state index contributed by atoms with van der Waals surface area (Å²) >= 11 is 0. The molecule has 1 aromatic heterocycles. The summed E-state index contributed by atoms with van der Waals surface area (Å²) in [5.41, 5.74) is 0.993. The number of hydrogen-bond donors (Lipinski definition) is 1. The van der Waals surface area contributed by atoms with E-state index in [0.717, 1.165) is 18.9 Å². The number of hydrogen-bond acceptors (Lipinski definition) is 7. The van der Waals surface area contributed by atoms with E-state index in [1.807, 2.05) is 12.1 Å². The van der Waals surface area contributed by atoms with Crippen molar-refractivity contribution in [2.24, 2.45) is 0 Å². The first-order valence-electron chi connectivity index (χ1n) is 8.56. The highest BCUT2D eigenvalue weighted by molar-refractivity contribution is 6.05. The predicted octanol–water partition coefficient (Wildman–Crippen LogP) is 2.20. The maximum absolute atomic E-state index is 12.6. The van der Waals surface area contributed by atoms with Crippen molar-refractivity contribution < 1.29 is 23.7 Å². The van der Waals surface area contributed by atoms with Gasteiger partial charge in [0, 0.05) is 18.7 Å². The molecule has 1 aromatic carbocycles. The van der Waals surface area contributed by atoms with Crippen molar-refractivity contribution in [2.45, 2.75) is 0 Å². The van der Waals surface area contributed by atoms with Gasteiger partial charge >= 0.3 is 0 Å². The lowest BCUT2D eigenvalue weighted by Crippen LogP contribution is -2.36. The zero-order valence-electron chi connectivity index (χ0n) is 15.7. The van der Waals surface area contributed by atoms with Gasteiger partial charge in [-0.25, -0.2) is 4.98 Å². The second-order valence-electron chi connectivity index (χ2n) is 5.87. The first kappa shape index (κ1) is 18.8. The zero-order valence-corrected chi connectivity index (χ0v) is 15.7. The number of ether oxygens (including phenoxy) is 4. The number of benzene rings is 1. The lowest BCUT2D eigenvalue weighted by molar-refractivity contribution is 0.102. The third kappa shape index (κ3) is 4.22. The van der Waals surface area contributed by atoms with Gasteiger partial charge in [-0.3, -0.25) is 4.79 Å². The number of aromatic nitrogens is 1. The first-order valence-corrected chi connectivity index (χ1v) is 8.56. The van der Waals surface area contributed by atoms with Gasteiger partial charge in [-0.1, -0.05) is 0 Å². The molecule has 144 valence electrons. The van der Waals surface area contributed by atoms with Crippen LogP contribution in [0.5, 0.6) is 17.2 Å². The fourth-order valence-corrected chi connectivity index (χ4v) is 2.85. The first-order chi connectivity index (χ1) is 13.2. The van der Waals surface area contributed by atoms with Crippen molar-refractivity contribution in [3.63, 3.8) is 0 Å². The summed E-state index contributed by atoms with van der Waals surface area (Å²) < 4.78 is 21.2. The molecule has 1 saturated heterocycles. The number of carbonyl (C=O) groups excluding carboxylic acids is 1. The molecule has 0 unspecified atom stereocenters. The minimum atomic E-state index is -0.296. The standard InChI is InChI=1S/C19H23N3O5/c1-24-15-10-13(11-16(25-2)18(15)26-3)19(23)21-14-4-5-17(20-12-14)22-6-8-27-9-7-22/h4-5,10-12H,6-9H2,1-3H3,(H,21,23). The van der Waals surface area contributed by atoms with Gasteiger partial charge in [0.05, 0.1) is 46.4 Å². The van der Waals surface area contributed by atoms with Crippen LogP contribution in [0.1, 0.15) is 10.4 Å². The van der Waals surface area contributed by atoms with Crippen LogP contribution in [-0.4, -0.2) is 58.5 Å². The highest BCUT2D eigenvalue weighted by Gasteiger charge is 2.17. The Morgan fingerprint density at radius 1 is 1.07 bits per heavy atom. The molecule has 1 amide bonds. The van der Waals surface area contributed by atoms with Crippen molar-refractivity contribution in [2.75, 3.05) is 57.8 Å². The molecule has 27 heavy (non-hydrogen) atoms. The van der Waals surface area contributed by atoms with E-state index in [1.54, 1.807) is 18.3 Å². The molecule has 8 heteroatoms. The fourth-order valence-electron chi connectivity index (χ4n) is 2.85. The van der Waals surface area contributed by atoms with Gasteiger partial charge in [0.1, 0.15) is 5.82 Å². The molecule has 8 nitrogen and oxygen atoms in total. The van der Waals surface area contributed by atoms with Crippen LogP contribution in [0.3, 0.4) is 0 Å². The number of morpholine rings is 1. The molecule has 3 rings (SSSR count). The minimum Gasteiger partial charge on any atom is -0.493 e. The Balaban J connectivity index is 1.75. The van der Waals surface area contributed by atoms with Crippen LogP contribution in [-0.2, 0) is 4.74 Å². The number of anilines is 2. The van der Waals surface area contributed by atoms with E-state index in [9.17, 15) is 4.79 Å². The van der Waals surface area contributed by atoms with Crippen molar-refractivity contribution in [3.8, 4) is 17.2 Å². The smallest absolute Gasteiger partial charge is 0.255 e. The molecule has 1 fully saturated rings. The normalized spacial score (nSPS) is 13.8. The quantitative estimate of drug-likeness (QED) is 0.831. The number of amides is 1. The molecule has 1 aliphatic heterocycles. The lowest BCUT2D eigenvalue weighted by Gasteiger charge is -2.27. The topological polar surface area (TPSA) is 82.2 Å². The molecule has 0 spiro atoms. The van der Waals surface area contributed by atoms with Crippen molar-refractivity contribution in [3.05, 3.63) is 36.0 Å². The van der Waals surface area contributed by atoms with E-state index in [4.69, 9.17) is 18.9 Å². The van der Waals surface area contributed by atoms with Gasteiger partial charge in [-0.2, -0.15) is 0 Å². The third-order valence-electron chi connectivity index (χ3n) is 4.27. The highest BCUT2D eigenvalue weighted by atomic mass is 16.5. The van der Waals surface area contributed by atoms with Gasteiger partial charge < -0.3 is 29.2 Å². The van der Waals surface area contributed by atoms with E-state index >= 15 is 0 Å². The average molecular weight is 373 g/mol. The molecule has 0 atom stereocenters. The number of carbonyl (C=O) groups is 1. The summed E-state index contributed by atoms with van der Waals surface area (Å²) in [6.45, 7) is 3.01. The second-order valence-corrected chi connectivity index (χ2v) is 5.87. The summed E-state index contributed by atoms with van der Waals surface area (Å²) in [4.78, 5) is 19.2. The fraction of sp³-hybridized carbons (Fsp3) is 0.368. The molecule has 2 heterocycles.